The number of aryl methyl sites for hydroxylation is 1. The van der Waals surface area contributed by atoms with Crippen molar-refractivity contribution in [3.05, 3.63) is 83.7 Å². The molecule has 2 heterocycles. The minimum atomic E-state index is 0.649. The highest BCUT2D eigenvalue weighted by molar-refractivity contribution is 6.31. The van der Waals surface area contributed by atoms with Crippen molar-refractivity contribution in [2.75, 3.05) is 11.9 Å². The van der Waals surface area contributed by atoms with E-state index in [1.807, 2.05) is 73.2 Å². The third-order valence-electron chi connectivity index (χ3n) is 4.35. The molecule has 0 atom stereocenters. The lowest BCUT2D eigenvalue weighted by atomic mass is 10.2. The number of rotatable bonds is 7. The molecule has 0 radical (unpaired) electrons. The Morgan fingerprint density at radius 1 is 1.04 bits per heavy atom. The van der Waals surface area contributed by atoms with Gasteiger partial charge in [-0.15, -0.1) is 0 Å². The van der Waals surface area contributed by atoms with Gasteiger partial charge in [0.2, 0.25) is 0 Å². The van der Waals surface area contributed by atoms with Gasteiger partial charge in [-0.1, -0.05) is 48.0 Å². The summed E-state index contributed by atoms with van der Waals surface area (Å²) in [7, 11) is 0. The minimum Gasteiger partial charge on any atom is -0.369 e. The van der Waals surface area contributed by atoms with E-state index in [4.69, 9.17) is 16.6 Å². The van der Waals surface area contributed by atoms with Crippen LogP contribution in [-0.4, -0.2) is 26.1 Å². The molecule has 6 heteroatoms. The average molecular weight is 390 g/mol. The summed E-state index contributed by atoms with van der Waals surface area (Å²) in [6.45, 7) is 1.71. The van der Waals surface area contributed by atoms with Gasteiger partial charge in [-0.2, -0.15) is 0 Å². The van der Waals surface area contributed by atoms with Crippen LogP contribution in [0.2, 0.25) is 5.02 Å². The van der Waals surface area contributed by atoms with E-state index in [1.165, 1.54) is 0 Å². The van der Waals surface area contributed by atoms with Gasteiger partial charge in [0.05, 0.1) is 11.8 Å². The third kappa shape index (κ3) is 4.56. The second-order valence-corrected chi connectivity index (χ2v) is 6.85. The van der Waals surface area contributed by atoms with Gasteiger partial charge >= 0.3 is 0 Å². The van der Waals surface area contributed by atoms with Crippen molar-refractivity contribution in [1.82, 2.24) is 19.5 Å². The van der Waals surface area contributed by atoms with Crippen LogP contribution >= 0.6 is 11.6 Å². The summed E-state index contributed by atoms with van der Waals surface area (Å²) in [6.07, 6.45) is 10.5. The van der Waals surface area contributed by atoms with Gasteiger partial charge in [-0.25, -0.2) is 15.0 Å². The molecule has 0 saturated heterocycles. The summed E-state index contributed by atoms with van der Waals surface area (Å²) in [5.74, 6) is 1.47. The zero-order valence-corrected chi connectivity index (χ0v) is 16.0. The Morgan fingerprint density at radius 3 is 2.75 bits per heavy atom. The number of hydrogen-bond donors (Lipinski definition) is 1. The van der Waals surface area contributed by atoms with Crippen molar-refractivity contribution in [2.45, 2.75) is 13.0 Å². The van der Waals surface area contributed by atoms with Crippen LogP contribution in [0.4, 0.5) is 5.82 Å². The molecule has 0 saturated carbocycles. The van der Waals surface area contributed by atoms with E-state index < -0.39 is 0 Å². The Labute approximate surface area is 168 Å². The second kappa shape index (κ2) is 8.67. The van der Waals surface area contributed by atoms with E-state index in [9.17, 15) is 0 Å². The van der Waals surface area contributed by atoms with Crippen LogP contribution in [0.5, 0.6) is 0 Å². The lowest BCUT2D eigenvalue weighted by Gasteiger charge is -2.10. The van der Waals surface area contributed by atoms with Crippen LogP contribution in [0.15, 0.2) is 67.3 Å². The quantitative estimate of drug-likeness (QED) is 0.444. The van der Waals surface area contributed by atoms with Crippen molar-refractivity contribution in [1.29, 1.82) is 0 Å². The minimum absolute atomic E-state index is 0.649. The highest BCUT2D eigenvalue weighted by atomic mass is 35.5. The number of nitrogens with one attached hydrogen (secondary N) is 1. The fourth-order valence-electron chi connectivity index (χ4n) is 2.95. The Hall–Kier alpha value is -3.18. The number of imidazole rings is 1. The molecule has 28 heavy (non-hydrogen) atoms. The molecular weight excluding hydrogens is 370 g/mol. The van der Waals surface area contributed by atoms with Crippen LogP contribution in [0.3, 0.4) is 0 Å². The monoisotopic (exact) mass is 389 g/mol. The lowest BCUT2D eigenvalue weighted by molar-refractivity contribution is 0.660. The van der Waals surface area contributed by atoms with E-state index in [-0.39, 0.29) is 0 Å². The maximum atomic E-state index is 6.17. The summed E-state index contributed by atoms with van der Waals surface area (Å²) in [5.41, 5.74) is 1.93. The van der Waals surface area contributed by atoms with Crippen molar-refractivity contribution >= 4 is 40.5 Å². The van der Waals surface area contributed by atoms with E-state index in [1.54, 1.807) is 6.20 Å². The molecule has 5 nitrogen and oxygen atoms in total. The predicted octanol–water partition coefficient (Wildman–Crippen LogP) is 5.15. The van der Waals surface area contributed by atoms with Crippen molar-refractivity contribution in [3.63, 3.8) is 0 Å². The van der Waals surface area contributed by atoms with E-state index in [0.29, 0.717) is 10.8 Å². The van der Waals surface area contributed by atoms with Crippen molar-refractivity contribution < 1.29 is 0 Å². The SMILES string of the molecule is Clc1ccc2c(NCCCn3ccnc3)nc(C=Cc3ccccc3)nc2c1. The Bertz CT molecular complexity index is 1070. The van der Waals surface area contributed by atoms with Crippen molar-refractivity contribution in [2.24, 2.45) is 0 Å². The highest BCUT2D eigenvalue weighted by Gasteiger charge is 2.07. The lowest BCUT2D eigenvalue weighted by Crippen LogP contribution is -2.08. The molecule has 0 fully saturated rings. The predicted molar refractivity (Wildman–Crippen MR) is 115 cm³/mol. The van der Waals surface area contributed by atoms with Crippen molar-refractivity contribution in [3.8, 4) is 0 Å². The Morgan fingerprint density at radius 2 is 1.93 bits per heavy atom. The smallest absolute Gasteiger partial charge is 0.154 e. The number of aromatic nitrogens is 4. The summed E-state index contributed by atoms with van der Waals surface area (Å²) in [5, 5.41) is 5.07. The fraction of sp³-hybridized carbons (Fsp3) is 0.136. The largest absolute Gasteiger partial charge is 0.369 e. The average Bonchev–Trinajstić information content (AvgIpc) is 3.23. The van der Waals surface area contributed by atoms with Crippen LogP contribution < -0.4 is 5.32 Å². The zero-order chi connectivity index (χ0) is 19.2. The van der Waals surface area contributed by atoms with Gasteiger partial charge < -0.3 is 9.88 Å². The fourth-order valence-corrected chi connectivity index (χ4v) is 3.12. The first kappa shape index (κ1) is 18.2. The number of anilines is 1. The second-order valence-electron chi connectivity index (χ2n) is 6.42. The first-order valence-electron chi connectivity index (χ1n) is 9.18. The highest BCUT2D eigenvalue weighted by Crippen LogP contribution is 2.24. The molecule has 0 aliphatic heterocycles. The molecule has 0 spiro atoms. The number of nitrogens with zero attached hydrogens (tertiary/aromatic N) is 4. The maximum absolute atomic E-state index is 6.17. The molecule has 0 aliphatic rings. The molecule has 1 N–H and O–H groups in total. The number of halogens is 1. The van der Waals surface area contributed by atoms with Crippen LogP contribution in [0.1, 0.15) is 17.8 Å². The molecule has 0 unspecified atom stereocenters. The van der Waals surface area contributed by atoms with Gasteiger partial charge in [0.15, 0.2) is 5.82 Å². The van der Waals surface area contributed by atoms with Crippen LogP contribution in [0.25, 0.3) is 23.1 Å². The normalized spacial score (nSPS) is 11.3. The third-order valence-corrected chi connectivity index (χ3v) is 4.58. The van der Waals surface area contributed by atoms with Crippen LogP contribution in [0, 0.1) is 0 Å². The number of hydrogen-bond acceptors (Lipinski definition) is 4. The van der Waals surface area contributed by atoms with Gasteiger partial charge in [0, 0.05) is 35.9 Å². The van der Waals surface area contributed by atoms with Gasteiger partial charge in [-0.05, 0) is 36.3 Å². The summed E-state index contributed by atoms with van der Waals surface area (Å²) in [4.78, 5) is 13.4. The summed E-state index contributed by atoms with van der Waals surface area (Å²) >= 11 is 6.17. The molecule has 4 aromatic rings. The molecule has 0 aliphatic carbocycles. The van der Waals surface area contributed by atoms with Gasteiger partial charge in [0.1, 0.15) is 5.82 Å². The van der Waals surface area contributed by atoms with Gasteiger partial charge in [-0.3, -0.25) is 0 Å². The standard InChI is InChI=1S/C22H20ClN5/c23-18-8-9-19-20(15-18)26-21(10-7-17-5-2-1-3-6-17)27-22(19)25-11-4-13-28-14-12-24-16-28/h1-3,5-10,12,14-16H,4,11,13H2,(H,25,26,27). The maximum Gasteiger partial charge on any atom is 0.154 e. The van der Waals surface area contributed by atoms with Gasteiger partial charge in [0.25, 0.3) is 0 Å². The Balaban J connectivity index is 1.55. The molecule has 2 aromatic heterocycles. The van der Waals surface area contributed by atoms with E-state index in [0.717, 1.165) is 41.8 Å². The molecular formula is C22H20ClN5. The van der Waals surface area contributed by atoms with E-state index in [2.05, 4.69) is 19.9 Å². The first-order valence-corrected chi connectivity index (χ1v) is 9.56. The molecule has 140 valence electrons. The summed E-state index contributed by atoms with van der Waals surface area (Å²) in [6, 6.07) is 15.8. The number of fused-ring (bicyclic) bond motifs is 1. The molecule has 4 rings (SSSR count). The molecule has 2 aromatic carbocycles. The topological polar surface area (TPSA) is 55.6 Å². The number of benzene rings is 2. The summed E-state index contributed by atoms with van der Waals surface area (Å²) < 4.78 is 2.06. The van der Waals surface area contributed by atoms with Crippen LogP contribution in [-0.2, 0) is 6.54 Å². The Kier molecular flexibility index (Phi) is 5.64. The first-order chi connectivity index (χ1) is 13.8. The van der Waals surface area contributed by atoms with E-state index >= 15 is 0 Å². The molecule has 0 bridgehead atoms. The molecule has 0 amide bonds. The zero-order valence-electron chi connectivity index (χ0n) is 15.3.